The van der Waals surface area contributed by atoms with Crippen molar-refractivity contribution in [2.24, 2.45) is 5.92 Å². The highest BCUT2D eigenvalue weighted by molar-refractivity contribution is 5.47. The molecule has 0 N–H and O–H groups in total. The third-order valence-electron chi connectivity index (χ3n) is 3.22. The van der Waals surface area contributed by atoms with Crippen molar-refractivity contribution in [1.82, 2.24) is 4.57 Å². The maximum Gasteiger partial charge on any atom is 0.0208 e. The van der Waals surface area contributed by atoms with E-state index in [1.54, 1.807) is 0 Å². The predicted octanol–water partition coefficient (Wildman–Crippen LogP) is 3.93. The number of hydrogen-bond acceptors (Lipinski definition) is 0. The molecular weight excluding hydrogens is 170 g/mol. The first-order chi connectivity index (χ1) is 6.92. The molecule has 1 aromatic rings. The first-order valence-corrected chi connectivity index (χ1v) is 5.71. The largest absolute Gasteiger partial charge is 0.328 e. The van der Waals surface area contributed by atoms with E-state index in [1.807, 2.05) is 0 Å². The zero-order valence-electron chi connectivity index (χ0n) is 8.95. The maximum atomic E-state index is 2.27. The number of allylic oxidation sites excluding steroid dienone is 2. The van der Waals surface area contributed by atoms with Crippen LogP contribution in [0.1, 0.15) is 39.0 Å². The molecule has 2 rings (SSSR count). The van der Waals surface area contributed by atoms with Gasteiger partial charge in [0, 0.05) is 18.1 Å². The zero-order chi connectivity index (χ0) is 9.80. The van der Waals surface area contributed by atoms with Gasteiger partial charge < -0.3 is 4.57 Å². The summed E-state index contributed by atoms with van der Waals surface area (Å²) in [4.78, 5) is 0. The number of rotatable bonds is 2. The quantitative estimate of drug-likeness (QED) is 0.664. The minimum atomic E-state index is 0.793. The van der Waals surface area contributed by atoms with E-state index in [0.717, 1.165) is 5.92 Å². The van der Waals surface area contributed by atoms with Gasteiger partial charge in [0.15, 0.2) is 0 Å². The molecule has 1 aliphatic carbocycles. The fraction of sp³-hybridized carbons (Fsp3) is 0.538. The Kier molecular flexibility index (Phi) is 3.07. The molecule has 76 valence electrons. The molecule has 1 nitrogen and oxygen atoms in total. The molecule has 0 aliphatic heterocycles. The molecule has 1 saturated carbocycles. The third kappa shape index (κ3) is 1.92. The SMILES string of the molecule is CC=C(C1CCCCC1)n1cccc1. The number of aromatic nitrogens is 1. The highest BCUT2D eigenvalue weighted by Crippen LogP contribution is 2.32. The van der Waals surface area contributed by atoms with Gasteiger partial charge in [-0.1, -0.05) is 25.3 Å². The van der Waals surface area contributed by atoms with Crippen molar-refractivity contribution in [3.8, 4) is 0 Å². The lowest BCUT2D eigenvalue weighted by molar-refractivity contribution is 0.420. The summed E-state index contributed by atoms with van der Waals surface area (Å²) >= 11 is 0. The Hall–Kier alpha value is -0.980. The third-order valence-corrected chi connectivity index (χ3v) is 3.22. The van der Waals surface area contributed by atoms with Crippen LogP contribution in [0.5, 0.6) is 0 Å². The van der Waals surface area contributed by atoms with Crippen molar-refractivity contribution in [2.45, 2.75) is 39.0 Å². The lowest BCUT2D eigenvalue weighted by Gasteiger charge is -2.25. The molecule has 1 heterocycles. The van der Waals surface area contributed by atoms with Crippen molar-refractivity contribution in [3.05, 3.63) is 30.6 Å². The molecule has 0 bridgehead atoms. The first-order valence-electron chi connectivity index (χ1n) is 5.71. The van der Waals surface area contributed by atoms with Gasteiger partial charge in [-0.2, -0.15) is 0 Å². The van der Waals surface area contributed by atoms with Crippen LogP contribution in [0.4, 0.5) is 0 Å². The van der Waals surface area contributed by atoms with Gasteiger partial charge in [-0.05, 0) is 37.8 Å². The second-order valence-electron chi connectivity index (χ2n) is 4.14. The topological polar surface area (TPSA) is 4.93 Å². The highest BCUT2D eigenvalue weighted by Gasteiger charge is 2.17. The molecular formula is C13H19N. The summed E-state index contributed by atoms with van der Waals surface area (Å²) in [6, 6.07) is 4.21. The van der Waals surface area contributed by atoms with Gasteiger partial charge >= 0.3 is 0 Å². The van der Waals surface area contributed by atoms with Crippen LogP contribution >= 0.6 is 0 Å². The van der Waals surface area contributed by atoms with E-state index in [2.05, 4.69) is 42.1 Å². The van der Waals surface area contributed by atoms with Gasteiger partial charge in [0.2, 0.25) is 0 Å². The van der Waals surface area contributed by atoms with E-state index < -0.39 is 0 Å². The van der Waals surface area contributed by atoms with Crippen LogP contribution in [0.3, 0.4) is 0 Å². The molecule has 0 unspecified atom stereocenters. The Labute approximate surface area is 86.4 Å². The van der Waals surface area contributed by atoms with Crippen molar-refractivity contribution >= 4 is 5.70 Å². The predicted molar refractivity (Wildman–Crippen MR) is 61.0 cm³/mol. The standard InChI is InChI=1S/C13H19N/c1-2-13(14-10-6-7-11-14)12-8-4-3-5-9-12/h2,6-7,10-12H,3-5,8-9H2,1H3. The van der Waals surface area contributed by atoms with E-state index in [1.165, 1.54) is 37.8 Å². The lowest BCUT2D eigenvalue weighted by atomic mass is 9.86. The molecule has 0 amide bonds. The first kappa shape index (κ1) is 9.57. The van der Waals surface area contributed by atoms with Crippen LogP contribution in [-0.2, 0) is 0 Å². The van der Waals surface area contributed by atoms with Gasteiger partial charge in [0.1, 0.15) is 0 Å². The van der Waals surface area contributed by atoms with E-state index in [0.29, 0.717) is 0 Å². The molecule has 0 saturated heterocycles. The molecule has 1 aliphatic rings. The number of hydrogen-bond donors (Lipinski definition) is 0. The lowest BCUT2D eigenvalue weighted by Crippen LogP contribution is -2.11. The summed E-state index contributed by atoms with van der Waals surface area (Å²) in [5.74, 6) is 0.793. The van der Waals surface area contributed by atoms with Gasteiger partial charge in [0.05, 0.1) is 0 Å². The fourth-order valence-electron chi connectivity index (χ4n) is 2.50. The average molecular weight is 189 g/mol. The Morgan fingerprint density at radius 3 is 2.36 bits per heavy atom. The molecule has 1 aromatic heterocycles. The van der Waals surface area contributed by atoms with E-state index in [4.69, 9.17) is 0 Å². The Morgan fingerprint density at radius 2 is 1.79 bits per heavy atom. The monoisotopic (exact) mass is 189 g/mol. The van der Waals surface area contributed by atoms with Crippen LogP contribution in [0, 0.1) is 5.92 Å². The van der Waals surface area contributed by atoms with Crippen LogP contribution < -0.4 is 0 Å². The van der Waals surface area contributed by atoms with Crippen molar-refractivity contribution in [2.75, 3.05) is 0 Å². The normalized spacial score (nSPS) is 19.9. The molecule has 1 heteroatoms. The molecule has 0 radical (unpaired) electrons. The molecule has 0 atom stereocenters. The van der Waals surface area contributed by atoms with Gasteiger partial charge in [-0.25, -0.2) is 0 Å². The minimum Gasteiger partial charge on any atom is -0.328 e. The summed E-state index contributed by atoms with van der Waals surface area (Å²) < 4.78 is 2.27. The van der Waals surface area contributed by atoms with Gasteiger partial charge in [-0.15, -0.1) is 0 Å². The zero-order valence-corrected chi connectivity index (χ0v) is 8.95. The molecule has 1 fully saturated rings. The summed E-state index contributed by atoms with van der Waals surface area (Å²) in [7, 11) is 0. The number of nitrogens with zero attached hydrogens (tertiary/aromatic N) is 1. The van der Waals surface area contributed by atoms with Crippen LogP contribution in [-0.4, -0.2) is 4.57 Å². The molecule has 0 aromatic carbocycles. The van der Waals surface area contributed by atoms with Crippen LogP contribution in [0.2, 0.25) is 0 Å². The van der Waals surface area contributed by atoms with E-state index in [-0.39, 0.29) is 0 Å². The summed E-state index contributed by atoms with van der Waals surface area (Å²) in [5, 5.41) is 0. The van der Waals surface area contributed by atoms with Crippen molar-refractivity contribution in [3.63, 3.8) is 0 Å². The minimum absolute atomic E-state index is 0.793. The second-order valence-corrected chi connectivity index (χ2v) is 4.14. The average Bonchev–Trinajstić information content (AvgIpc) is 2.74. The van der Waals surface area contributed by atoms with E-state index >= 15 is 0 Å². The Balaban J connectivity index is 2.13. The van der Waals surface area contributed by atoms with Crippen molar-refractivity contribution < 1.29 is 0 Å². The highest BCUT2D eigenvalue weighted by atomic mass is 15.0. The van der Waals surface area contributed by atoms with Crippen LogP contribution in [0.15, 0.2) is 30.6 Å². The van der Waals surface area contributed by atoms with Crippen LogP contribution in [0.25, 0.3) is 5.70 Å². The Morgan fingerprint density at radius 1 is 1.14 bits per heavy atom. The molecule has 0 spiro atoms. The second kappa shape index (κ2) is 4.50. The summed E-state index contributed by atoms with van der Waals surface area (Å²) in [6.45, 7) is 2.16. The maximum absolute atomic E-state index is 2.27. The smallest absolute Gasteiger partial charge is 0.0208 e. The van der Waals surface area contributed by atoms with Gasteiger partial charge in [0.25, 0.3) is 0 Å². The summed E-state index contributed by atoms with van der Waals surface area (Å²) in [5.41, 5.74) is 1.50. The Bertz CT molecular complexity index is 289. The fourth-order valence-corrected chi connectivity index (χ4v) is 2.50. The van der Waals surface area contributed by atoms with Gasteiger partial charge in [-0.3, -0.25) is 0 Å². The van der Waals surface area contributed by atoms with E-state index in [9.17, 15) is 0 Å². The van der Waals surface area contributed by atoms with Crippen molar-refractivity contribution in [1.29, 1.82) is 0 Å². The molecule has 14 heavy (non-hydrogen) atoms. The summed E-state index contributed by atoms with van der Waals surface area (Å²) in [6.07, 6.45) is 13.6.